The molecule has 0 saturated carbocycles. The van der Waals surface area contributed by atoms with Crippen molar-refractivity contribution in [2.45, 2.75) is 25.7 Å². The second kappa shape index (κ2) is 7.63. The van der Waals surface area contributed by atoms with Crippen molar-refractivity contribution in [2.75, 3.05) is 7.05 Å². The molecule has 2 aromatic carbocycles. The van der Waals surface area contributed by atoms with Gasteiger partial charge in [-0.05, 0) is 54.8 Å². The number of hydrogen-bond acceptors (Lipinski definition) is 1. The minimum absolute atomic E-state index is 0.305. The highest BCUT2D eigenvalue weighted by Gasteiger charge is 2.16. The Morgan fingerprint density at radius 3 is 2.52 bits per heavy atom. The van der Waals surface area contributed by atoms with Crippen molar-refractivity contribution in [2.24, 2.45) is 4.99 Å². The van der Waals surface area contributed by atoms with Gasteiger partial charge in [-0.15, -0.1) is 0 Å². The van der Waals surface area contributed by atoms with E-state index in [-0.39, 0.29) is 0 Å². The molecular weight excluding hydrogens is 301 g/mol. The molecule has 1 nitrogen and oxygen atoms in total. The van der Waals surface area contributed by atoms with Gasteiger partial charge in [0.25, 0.3) is 0 Å². The first kappa shape index (κ1) is 16.1. The normalized spacial score (nSPS) is 12.8. The van der Waals surface area contributed by atoms with Crippen LogP contribution >= 0.6 is 23.2 Å². The summed E-state index contributed by atoms with van der Waals surface area (Å²) in [6, 6.07) is 14.4. The number of nitrogens with zero attached hydrogens (tertiary/aromatic N) is 1. The van der Waals surface area contributed by atoms with Crippen LogP contribution in [-0.2, 0) is 0 Å². The van der Waals surface area contributed by atoms with Gasteiger partial charge in [0.2, 0.25) is 0 Å². The van der Waals surface area contributed by atoms with Gasteiger partial charge in [0.05, 0.1) is 10.0 Å². The second-order valence-corrected chi connectivity index (χ2v) is 5.92. The Morgan fingerprint density at radius 1 is 1.10 bits per heavy atom. The zero-order chi connectivity index (χ0) is 15.2. The van der Waals surface area contributed by atoms with E-state index in [0.29, 0.717) is 16.0 Å². The van der Waals surface area contributed by atoms with Gasteiger partial charge in [0.15, 0.2) is 0 Å². The smallest absolute Gasteiger partial charge is 0.0595 e. The molecule has 0 aliphatic rings. The highest BCUT2D eigenvalue weighted by Crippen LogP contribution is 2.34. The van der Waals surface area contributed by atoms with Crippen LogP contribution < -0.4 is 0 Å². The summed E-state index contributed by atoms with van der Waals surface area (Å²) in [4.78, 5) is 4.08. The van der Waals surface area contributed by atoms with Crippen LogP contribution in [0.15, 0.2) is 47.5 Å². The molecule has 0 aliphatic carbocycles. The van der Waals surface area contributed by atoms with Gasteiger partial charge in [-0.25, -0.2) is 0 Å². The van der Waals surface area contributed by atoms with E-state index in [2.05, 4.69) is 42.2 Å². The molecule has 0 saturated heterocycles. The summed E-state index contributed by atoms with van der Waals surface area (Å²) in [5.41, 5.74) is 3.82. The number of aryl methyl sites for hydroxylation is 1. The first-order valence-electron chi connectivity index (χ1n) is 7.04. The largest absolute Gasteiger partial charge is 0.301 e. The van der Waals surface area contributed by atoms with Gasteiger partial charge in [-0.3, -0.25) is 0 Å². The standard InChI is InChI=1S/C18H19Cl2N/c1-13-6-3-4-7-15(13)16(8-5-11-21-2)14-9-10-17(19)18(20)12-14/h3-4,6-7,9-12,16H,5,8H2,1-2H3/t16-/m0/s1. The van der Waals surface area contributed by atoms with Crippen molar-refractivity contribution in [3.8, 4) is 0 Å². The summed E-state index contributed by atoms with van der Waals surface area (Å²) >= 11 is 12.2. The Morgan fingerprint density at radius 2 is 1.86 bits per heavy atom. The Kier molecular flexibility index (Phi) is 5.84. The van der Waals surface area contributed by atoms with Crippen LogP contribution in [0.1, 0.15) is 35.4 Å². The van der Waals surface area contributed by atoms with Crippen LogP contribution in [0.5, 0.6) is 0 Å². The van der Waals surface area contributed by atoms with Crippen molar-refractivity contribution in [3.05, 3.63) is 69.2 Å². The van der Waals surface area contributed by atoms with Crippen LogP contribution in [0, 0.1) is 6.92 Å². The van der Waals surface area contributed by atoms with Crippen LogP contribution in [0.4, 0.5) is 0 Å². The molecule has 2 aromatic rings. The molecule has 2 rings (SSSR count). The third-order valence-electron chi connectivity index (χ3n) is 3.68. The summed E-state index contributed by atoms with van der Waals surface area (Å²) in [5, 5.41) is 1.20. The molecule has 0 heterocycles. The van der Waals surface area contributed by atoms with Crippen LogP contribution in [0.2, 0.25) is 10.0 Å². The van der Waals surface area contributed by atoms with Gasteiger partial charge >= 0.3 is 0 Å². The van der Waals surface area contributed by atoms with Gasteiger partial charge in [-0.2, -0.15) is 0 Å². The molecule has 0 bridgehead atoms. The van der Waals surface area contributed by atoms with Crippen molar-refractivity contribution in [1.82, 2.24) is 0 Å². The maximum absolute atomic E-state index is 6.19. The van der Waals surface area contributed by atoms with E-state index in [1.54, 1.807) is 0 Å². The lowest BCUT2D eigenvalue weighted by molar-refractivity contribution is 0.742. The second-order valence-electron chi connectivity index (χ2n) is 5.10. The van der Waals surface area contributed by atoms with Crippen molar-refractivity contribution >= 4 is 29.4 Å². The SMILES string of the molecule is CN=CCC[C@@H](c1ccc(Cl)c(Cl)c1)c1ccccc1C. The van der Waals surface area contributed by atoms with Crippen molar-refractivity contribution < 1.29 is 0 Å². The summed E-state index contributed by atoms with van der Waals surface area (Å²) in [5.74, 6) is 0.305. The Bertz CT molecular complexity index is 635. The average molecular weight is 320 g/mol. The lowest BCUT2D eigenvalue weighted by atomic mass is 9.85. The number of aliphatic imine (C=N–C) groups is 1. The molecule has 0 aliphatic heterocycles. The molecule has 0 amide bonds. The van der Waals surface area contributed by atoms with Gasteiger partial charge < -0.3 is 4.99 Å². The summed E-state index contributed by atoms with van der Waals surface area (Å²) in [6.45, 7) is 2.15. The number of hydrogen-bond donors (Lipinski definition) is 0. The zero-order valence-corrected chi connectivity index (χ0v) is 13.8. The quantitative estimate of drug-likeness (QED) is 0.607. The number of rotatable bonds is 5. The molecule has 1 atom stereocenters. The van der Waals surface area contributed by atoms with E-state index in [4.69, 9.17) is 23.2 Å². The monoisotopic (exact) mass is 319 g/mol. The predicted octanol–water partition coefficient (Wildman–Crippen LogP) is 5.91. The van der Waals surface area contributed by atoms with Crippen molar-refractivity contribution in [3.63, 3.8) is 0 Å². The molecule has 0 N–H and O–H groups in total. The van der Waals surface area contributed by atoms with Crippen LogP contribution in [0.3, 0.4) is 0 Å². The summed E-state index contributed by atoms with van der Waals surface area (Å²) < 4.78 is 0. The number of halogens is 2. The maximum Gasteiger partial charge on any atom is 0.0595 e. The molecule has 0 spiro atoms. The third-order valence-corrected chi connectivity index (χ3v) is 4.42. The number of benzene rings is 2. The van der Waals surface area contributed by atoms with Gasteiger partial charge in [0, 0.05) is 13.0 Å². The highest BCUT2D eigenvalue weighted by atomic mass is 35.5. The van der Waals surface area contributed by atoms with Gasteiger partial charge in [-0.1, -0.05) is 53.5 Å². The molecule has 0 fully saturated rings. The topological polar surface area (TPSA) is 12.4 Å². The predicted molar refractivity (Wildman–Crippen MR) is 93.1 cm³/mol. The first-order valence-corrected chi connectivity index (χ1v) is 7.80. The molecule has 0 aromatic heterocycles. The molecular formula is C18H19Cl2N. The molecule has 3 heteroatoms. The van der Waals surface area contributed by atoms with E-state index in [9.17, 15) is 0 Å². The lowest BCUT2D eigenvalue weighted by Gasteiger charge is -2.20. The zero-order valence-electron chi connectivity index (χ0n) is 12.3. The average Bonchev–Trinajstić information content (AvgIpc) is 2.48. The van der Waals surface area contributed by atoms with Crippen LogP contribution in [0.25, 0.3) is 0 Å². The minimum atomic E-state index is 0.305. The summed E-state index contributed by atoms with van der Waals surface area (Å²) in [7, 11) is 1.81. The lowest BCUT2D eigenvalue weighted by Crippen LogP contribution is -2.04. The summed E-state index contributed by atoms with van der Waals surface area (Å²) in [6.07, 6.45) is 3.90. The van der Waals surface area contributed by atoms with E-state index in [0.717, 1.165) is 12.8 Å². The Balaban J connectivity index is 2.40. The van der Waals surface area contributed by atoms with E-state index in [1.165, 1.54) is 16.7 Å². The molecule has 0 radical (unpaired) electrons. The third kappa shape index (κ3) is 4.09. The van der Waals surface area contributed by atoms with Gasteiger partial charge in [0.1, 0.15) is 0 Å². The highest BCUT2D eigenvalue weighted by molar-refractivity contribution is 6.42. The molecule has 21 heavy (non-hydrogen) atoms. The molecule has 0 unspecified atom stereocenters. The van der Waals surface area contributed by atoms with Crippen molar-refractivity contribution in [1.29, 1.82) is 0 Å². The first-order chi connectivity index (χ1) is 10.1. The fraction of sp³-hybridized carbons (Fsp3) is 0.278. The van der Waals surface area contributed by atoms with E-state index in [1.807, 2.05) is 25.4 Å². The van der Waals surface area contributed by atoms with E-state index < -0.39 is 0 Å². The Hall–Kier alpha value is -1.31. The maximum atomic E-state index is 6.19. The molecule has 110 valence electrons. The fourth-order valence-corrected chi connectivity index (χ4v) is 2.89. The fourth-order valence-electron chi connectivity index (χ4n) is 2.58. The minimum Gasteiger partial charge on any atom is -0.301 e. The van der Waals surface area contributed by atoms with E-state index >= 15 is 0 Å². The Labute approximate surface area is 136 Å². The van der Waals surface area contributed by atoms with Crippen LogP contribution in [-0.4, -0.2) is 13.3 Å².